The van der Waals surface area contributed by atoms with E-state index < -0.39 is 4.92 Å². The van der Waals surface area contributed by atoms with Gasteiger partial charge in [0.2, 0.25) is 0 Å². The molecular formula is C22H20ClNO4. The van der Waals surface area contributed by atoms with E-state index in [1.165, 1.54) is 12.1 Å². The minimum absolute atomic E-state index is 0.0495. The molecule has 0 aliphatic rings. The van der Waals surface area contributed by atoms with E-state index in [2.05, 4.69) is 0 Å². The number of halogens is 1. The van der Waals surface area contributed by atoms with Gasteiger partial charge in [0.1, 0.15) is 23.9 Å². The highest BCUT2D eigenvalue weighted by molar-refractivity contribution is 6.17. The summed E-state index contributed by atoms with van der Waals surface area (Å²) < 4.78 is 11.9. The molecule has 0 aliphatic heterocycles. The van der Waals surface area contributed by atoms with Crippen molar-refractivity contribution in [1.82, 2.24) is 0 Å². The van der Waals surface area contributed by atoms with Gasteiger partial charge in [0, 0.05) is 17.7 Å². The average molecular weight is 398 g/mol. The molecule has 0 aromatic heterocycles. The quantitative estimate of drug-likeness (QED) is 0.266. The van der Waals surface area contributed by atoms with Gasteiger partial charge >= 0.3 is 0 Å². The molecule has 0 amide bonds. The summed E-state index contributed by atoms with van der Waals surface area (Å²) in [7, 11) is 0. The zero-order valence-electron chi connectivity index (χ0n) is 15.6. The fourth-order valence-electron chi connectivity index (χ4n) is 2.91. The molecule has 0 aliphatic carbocycles. The summed E-state index contributed by atoms with van der Waals surface area (Å²) >= 11 is 6.10. The molecule has 6 heteroatoms. The molecule has 0 saturated carbocycles. The maximum atomic E-state index is 11.0. The molecule has 0 atom stereocenters. The molecule has 0 N–H and O–H groups in total. The number of benzene rings is 3. The van der Waals surface area contributed by atoms with E-state index in [-0.39, 0.29) is 11.6 Å². The Morgan fingerprint density at radius 1 is 1.00 bits per heavy atom. The molecule has 28 heavy (non-hydrogen) atoms. The lowest BCUT2D eigenvalue weighted by Gasteiger charge is -2.15. The van der Waals surface area contributed by atoms with Crippen molar-refractivity contribution in [1.29, 1.82) is 0 Å². The van der Waals surface area contributed by atoms with E-state index in [0.29, 0.717) is 35.0 Å². The third-order valence-electron chi connectivity index (χ3n) is 4.29. The largest absolute Gasteiger partial charge is 0.489 e. The molecule has 0 saturated heterocycles. The molecule has 3 aromatic rings. The van der Waals surface area contributed by atoms with Crippen LogP contribution in [0.4, 0.5) is 5.69 Å². The summed E-state index contributed by atoms with van der Waals surface area (Å²) in [6.45, 7) is 4.02. The van der Waals surface area contributed by atoms with Crippen LogP contribution in [0.15, 0.2) is 60.7 Å². The minimum atomic E-state index is -0.408. The molecule has 0 bridgehead atoms. The highest BCUT2D eigenvalue weighted by atomic mass is 35.5. The molecule has 3 rings (SSSR count). The first-order chi connectivity index (χ1) is 13.5. The van der Waals surface area contributed by atoms with Crippen LogP contribution in [-0.4, -0.2) is 4.92 Å². The van der Waals surface area contributed by atoms with Crippen LogP contribution in [0.5, 0.6) is 17.2 Å². The standard InChI is InChI=1S/C22H20ClNO4/c1-15-10-19(24(25)26)11-16(2)22(15)28-20-8-9-21(18(12-20)13-23)27-14-17-6-4-3-5-7-17/h3-12H,13-14H2,1-2H3. The van der Waals surface area contributed by atoms with Crippen LogP contribution in [-0.2, 0) is 12.5 Å². The van der Waals surface area contributed by atoms with Crippen LogP contribution >= 0.6 is 11.6 Å². The Hall–Kier alpha value is -3.05. The highest BCUT2D eigenvalue weighted by Gasteiger charge is 2.14. The van der Waals surface area contributed by atoms with Gasteiger partial charge in [-0.25, -0.2) is 0 Å². The Kier molecular flexibility index (Phi) is 6.16. The Bertz CT molecular complexity index is 966. The summed E-state index contributed by atoms with van der Waals surface area (Å²) in [6, 6.07) is 18.3. The number of aryl methyl sites for hydroxylation is 2. The normalized spacial score (nSPS) is 10.5. The van der Waals surface area contributed by atoms with Gasteiger partial charge in [-0.15, -0.1) is 11.6 Å². The Balaban J connectivity index is 1.80. The summed E-state index contributed by atoms with van der Waals surface area (Å²) in [5.41, 5.74) is 3.33. The van der Waals surface area contributed by atoms with E-state index >= 15 is 0 Å². The van der Waals surface area contributed by atoms with Crippen molar-refractivity contribution in [3.8, 4) is 17.2 Å². The number of alkyl halides is 1. The second-order valence-corrected chi connectivity index (χ2v) is 6.71. The number of hydrogen-bond donors (Lipinski definition) is 0. The number of hydrogen-bond acceptors (Lipinski definition) is 4. The van der Waals surface area contributed by atoms with Gasteiger partial charge in [0.05, 0.1) is 10.8 Å². The average Bonchev–Trinajstić information content (AvgIpc) is 2.70. The Labute approximate surface area is 168 Å². The molecule has 0 heterocycles. The molecule has 3 aromatic carbocycles. The van der Waals surface area contributed by atoms with Gasteiger partial charge in [-0.2, -0.15) is 0 Å². The van der Waals surface area contributed by atoms with Crippen molar-refractivity contribution in [3.63, 3.8) is 0 Å². The second-order valence-electron chi connectivity index (χ2n) is 6.45. The SMILES string of the molecule is Cc1cc([N+](=O)[O-])cc(C)c1Oc1ccc(OCc2ccccc2)c(CCl)c1. The maximum Gasteiger partial charge on any atom is 0.270 e. The molecule has 144 valence electrons. The first-order valence-corrected chi connectivity index (χ1v) is 9.30. The molecule has 0 radical (unpaired) electrons. The van der Waals surface area contributed by atoms with Gasteiger partial charge < -0.3 is 9.47 Å². The summed E-state index contributed by atoms with van der Waals surface area (Å²) in [5, 5.41) is 11.0. The molecule has 0 spiro atoms. The van der Waals surface area contributed by atoms with Crippen LogP contribution in [0.1, 0.15) is 22.3 Å². The number of nitro groups is 1. The maximum absolute atomic E-state index is 11.0. The number of nitro benzene ring substituents is 1. The van der Waals surface area contributed by atoms with Crippen LogP contribution in [0.2, 0.25) is 0 Å². The fourth-order valence-corrected chi connectivity index (χ4v) is 3.12. The summed E-state index contributed by atoms with van der Waals surface area (Å²) in [4.78, 5) is 10.6. The zero-order valence-corrected chi connectivity index (χ0v) is 16.4. The van der Waals surface area contributed by atoms with Crippen LogP contribution in [0.25, 0.3) is 0 Å². The van der Waals surface area contributed by atoms with Crippen molar-refractivity contribution in [2.24, 2.45) is 0 Å². The van der Waals surface area contributed by atoms with E-state index in [0.717, 1.165) is 11.1 Å². The van der Waals surface area contributed by atoms with Crippen molar-refractivity contribution < 1.29 is 14.4 Å². The Morgan fingerprint density at radius 3 is 2.29 bits per heavy atom. The van der Waals surface area contributed by atoms with Gasteiger partial charge in [0.25, 0.3) is 5.69 Å². The van der Waals surface area contributed by atoms with Crippen LogP contribution in [0.3, 0.4) is 0 Å². The number of non-ortho nitro benzene ring substituents is 1. The molecule has 0 fully saturated rings. The van der Waals surface area contributed by atoms with Crippen LogP contribution < -0.4 is 9.47 Å². The smallest absolute Gasteiger partial charge is 0.270 e. The third kappa shape index (κ3) is 4.61. The van der Waals surface area contributed by atoms with E-state index in [1.54, 1.807) is 19.9 Å². The Morgan fingerprint density at radius 2 is 1.68 bits per heavy atom. The fraction of sp³-hybridized carbons (Fsp3) is 0.182. The topological polar surface area (TPSA) is 61.6 Å². The lowest BCUT2D eigenvalue weighted by molar-refractivity contribution is -0.385. The van der Waals surface area contributed by atoms with Crippen molar-refractivity contribution >= 4 is 17.3 Å². The predicted molar refractivity (Wildman–Crippen MR) is 109 cm³/mol. The molecule has 5 nitrogen and oxygen atoms in total. The van der Waals surface area contributed by atoms with Crippen LogP contribution in [0, 0.1) is 24.0 Å². The van der Waals surface area contributed by atoms with Gasteiger partial charge in [-0.05, 0) is 48.7 Å². The lowest BCUT2D eigenvalue weighted by atomic mass is 10.1. The summed E-state index contributed by atoms with van der Waals surface area (Å²) in [5.74, 6) is 2.18. The molecular weight excluding hydrogens is 378 g/mol. The minimum Gasteiger partial charge on any atom is -0.489 e. The van der Waals surface area contributed by atoms with Gasteiger partial charge in [-0.3, -0.25) is 10.1 Å². The number of rotatable bonds is 7. The predicted octanol–water partition coefficient (Wildman–Crippen LogP) is 6.32. The highest BCUT2D eigenvalue weighted by Crippen LogP contribution is 2.34. The number of nitrogens with zero attached hydrogens (tertiary/aromatic N) is 1. The zero-order chi connectivity index (χ0) is 20.1. The van der Waals surface area contributed by atoms with Gasteiger partial charge in [-0.1, -0.05) is 30.3 Å². The second kappa shape index (κ2) is 8.76. The first kappa shape index (κ1) is 19.7. The first-order valence-electron chi connectivity index (χ1n) is 8.77. The lowest BCUT2D eigenvalue weighted by Crippen LogP contribution is -1.99. The third-order valence-corrected chi connectivity index (χ3v) is 4.58. The monoisotopic (exact) mass is 397 g/mol. The van der Waals surface area contributed by atoms with Gasteiger partial charge in [0.15, 0.2) is 0 Å². The summed E-state index contributed by atoms with van der Waals surface area (Å²) in [6.07, 6.45) is 0. The van der Waals surface area contributed by atoms with E-state index in [1.807, 2.05) is 42.5 Å². The molecule has 0 unspecified atom stereocenters. The van der Waals surface area contributed by atoms with Crippen molar-refractivity contribution in [3.05, 3.63) is 93.0 Å². The van der Waals surface area contributed by atoms with Crippen molar-refractivity contribution in [2.45, 2.75) is 26.3 Å². The number of ether oxygens (including phenoxy) is 2. The van der Waals surface area contributed by atoms with Crippen molar-refractivity contribution in [2.75, 3.05) is 0 Å². The van der Waals surface area contributed by atoms with E-state index in [4.69, 9.17) is 21.1 Å². The van der Waals surface area contributed by atoms with E-state index in [9.17, 15) is 10.1 Å².